The highest BCUT2D eigenvalue weighted by Crippen LogP contribution is 2.23. The van der Waals surface area contributed by atoms with Gasteiger partial charge >= 0.3 is 0 Å². The fourth-order valence-electron chi connectivity index (χ4n) is 2.37. The molecule has 6 heteroatoms. The Balaban J connectivity index is 1.94. The maximum atomic E-state index is 12.4. The second-order valence-electron chi connectivity index (χ2n) is 5.89. The molecule has 2 rings (SSSR count). The van der Waals surface area contributed by atoms with Gasteiger partial charge in [-0.3, -0.25) is 9.59 Å². The largest absolute Gasteiger partial charge is 0.392 e. The van der Waals surface area contributed by atoms with E-state index in [1.807, 2.05) is 13.8 Å². The van der Waals surface area contributed by atoms with E-state index in [1.54, 1.807) is 29.2 Å². The Bertz CT molecular complexity index is 545. The molecule has 5 nitrogen and oxygen atoms in total. The van der Waals surface area contributed by atoms with E-state index in [4.69, 9.17) is 11.6 Å². The van der Waals surface area contributed by atoms with Gasteiger partial charge in [0.15, 0.2) is 0 Å². The van der Waals surface area contributed by atoms with E-state index < -0.39 is 12.1 Å². The molecular weight excluding hydrogens is 304 g/mol. The quantitative estimate of drug-likeness (QED) is 0.870. The zero-order chi connectivity index (χ0) is 16.3. The zero-order valence-electron chi connectivity index (χ0n) is 12.8. The van der Waals surface area contributed by atoms with Gasteiger partial charge in [0.1, 0.15) is 6.04 Å². The second-order valence-corrected chi connectivity index (χ2v) is 6.33. The predicted molar refractivity (Wildman–Crippen MR) is 85.8 cm³/mol. The molecule has 0 spiro atoms. The fourth-order valence-corrected chi connectivity index (χ4v) is 2.50. The number of rotatable bonds is 5. The number of hydrogen-bond acceptors (Lipinski definition) is 3. The van der Waals surface area contributed by atoms with Gasteiger partial charge in [-0.15, -0.1) is 0 Å². The number of benzene rings is 1. The number of aliphatic hydroxyl groups is 1. The summed E-state index contributed by atoms with van der Waals surface area (Å²) in [6.07, 6.45) is -0.114. The first-order chi connectivity index (χ1) is 10.4. The molecule has 1 fully saturated rings. The summed E-state index contributed by atoms with van der Waals surface area (Å²) in [6, 6.07) is 6.51. The number of halogens is 1. The average Bonchev–Trinajstić information content (AvgIpc) is 2.81. The fraction of sp³-hybridized carbons (Fsp3) is 0.500. The number of amides is 2. The van der Waals surface area contributed by atoms with Crippen LogP contribution in [0.15, 0.2) is 24.3 Å². The highest BCUT2D eigenvalue weighted by atomic mass is 35.5. The van der Waals surface area contributed by atoms with Crippen LogP contribution < -0.4 is 10.2 Å². The molecule has 0 saturated carbocycles. The molecule has 0 bridgehead atoms. The molecule has 1 saturated heterocycles. The summed E-state index contributed by atoms with van der Waals surface area (Å²) in [5, 5.41) is 13.0. The Morgan fingerprint density at radius 3 is 2.64 bits per heavy atom. The maximum absolute atomic E-state index is 12.4. The molecule has 22 heavy (non-hydrogen) atoms. The molecule has 2 atom stereocenters. The summed E-state index contributed by atoms with van der Waals surface area (Å²) in [5.41, 5.74) is 0.772. The molecule has 0 radical (unpaired) electrons. The molecule has 1 aliphatic heterocycles. The molecule has 0 aromatic heterocycles. The van der Waals surface area contributed by atoms with Gasteiger partial charge in [0, 0.05) is 17.3 Å². The molecule has 1 aromatic carbocycles. The summed E-state index contributed by atoms with van der Waals surface area (Å²) in [4.78, 5) is 25.9. The maximum Gasteiger partial charge on any atom is 0.249 e. The summed E-state index contributed by atoms with van der Waals surface area (Å²) in [5.74, 6) is -0.414. The Morgan fingerprint density at radius 1 is 1.41 bits per heavy atom. The molecule has 2 unspecified atom stereocenters. The van der Waals surface area contributed by atoms with Gasteiger partial charge in [-0.2, -0.15) is 0 Å². The van der Waals surface area contributed by atoms with Gasteiger partial charge in [-0.25, -0.2) is 0 Å². The van der Waals surface area contributed by atoms with Crippen molar-refractivity contribution in [2.45, 2.75) is 38.8 Å². The van der Waals surface area contributed by atoms with Crippen molar-refractivity contribution in [2.24, 2.45) is 5.92 Å². The third-order valence-corrected chi connectivity index (χ3v) is 4.10. The molecule has 0 aliphatic carbocycles. The lowest BCUT2D eigenvalue weighted by atomic mass is 10.0. The number of carbonyl (C=O) groups is 2. The number of nitrogens with zero attached hydrogens (tertiary/aromatic N) is 1. The highest BCUT2D eigenvalue weighted by Gasteiger charge is 2.33. The van der Waals surface area contributed by atoms with Crippen molar-refractivity contribution < 1.29 is 14.7 Å². The molecular formula is C16H21ClN2O3. The minimum absolute atomic E-state index is 0.00981. The Labute approximate surface area is 135 Å². The van der Waals surface area contributed by atoms with Gasteiger partial charge in [-0.1, -0.05) is 25.4 Å². The van der Waals surface area contributed by atoms with Crippen molar-refractivity contribution in [3.8, 4) is 0 Å². The lowest BCUT2D eigenvalue weighted by Gasteiger charge is -2.18. The standard InChI is InChI=1S/C16H21ClN2O3/c1-10(2)14(20)9-15(21)18-13-7-8-19(16(13)22)12-5-3-11(17)4-6-12/h3-6,10,13-14,20H,7-9H2,1-2H3,(H,18,21). The number of carbonyl (C=O) groups excluding carboxylic acids is 2. The summed E-state index contributed by atoms with van der Waals surface area (Å²) in [6.45, 7) is 4.25. The van der Waals surface area contributed by atoms with Crippen LogP contribution in [0.2, 0.25) is 5.02 Å². The first-order valence-electron chi connectivity index (χ1n) is 7.43. The van der Waals surface area contributed by atoms with Crippen LogP contribution in [-0.2, 0) is 9.59 Å². The van der Waals surface area contributed by atoms with Crippen LogP contribution in [0, 0.1) is 5.92 Å². The van der Waals surface area contributed by atoms with E-state index in [2.05, 4.69) is 5.32 Å². The first-order valence-corrected chi connectivity index (χ1v) is 7.80. The van der Waals surface area contributed by atoms with Gasteiger partial charge < -0.3 is 15.3 Å². The van der Waals surface area contributed by atoms with E-state index in [1.165, 1.54) is 0 Å². The average molecular weight is 325 g/mol. The summed E-state index contributed by atoms with van der Waals surface area (Å²) < 4.78 is 0. The Morgan fingerprint density at radius 2 is 2.05 bits per heavy atom. The van der Waals surface area contributed by atoms with E-state index in [0.717, 1.165) is 5.69 Å². The van der Waals surface area contributed by atoms with Gasteiger partial charge in [0.05, 0.1) is 12.5 Å². The Kier molecular flexibility index (Phi) is 5.42. The number of hydrogen-bond donors (Lipinski definition) is 2. The number of aliphatic hydroxyl groups excluding tert-OH is 1. The monoisotopic (exact) mass is 324 g/mol. The zero-order valence-corrected chi connectivity index (χ0v) is 13.5. The minimum Gasteiger partial charge on any atom is -0.392 e. The van der Waals surface area contributed by atoms with Gasteiger partial charge in [-0.05, 0) is 36.6 Å². The molecule has 1 heterocycles. The molecule has 1 aliphatic rings. The van der Waals surface area contributed by atoms with Crippen molar-refractivity contribution >= 4 is 29.1 Å². The topological polar surface area (TPSA) is 69.6 Å². The lowest BCUT2D eigenvalue weighted by Crippen LogP contribution is -2.42. The SMILES string of the molecule is CC(C)C(O)CC(=O)NC1CCN(c2ccc(Cl)cc2)C1=O. The highest BCUT2D eigenvalue weighted by molar-refractivity contribution is 6.30. The number of nitrogens with one attached hydrogen (secondary N) is 1. The van der Waals surface area contributed by atoms with Crippen LogP contribution in [0.4, 0.5) is 5.69 Å². The van der Waals surface area contributed by atoms with E-state index in [0.29, 0.717) is 18.0 Å². The third-order valence-electron chi connectivity index (χ3n) is 3.84. The van der Waals surface area contributed by atoms with E-state index >= 15 is 0 Å². The minimum atomic E-state index is -0.691. The molecule has 1 aromatic rings. The summed E-state index contributed by atoms with van der Waals surface area (Å²) >= 11 is 5.84. The predicted octanol–water partition coefficient (Wildman–Crippen LogP) is 1.97. The van der Waals surface area contributed by atoms with Crippen LogP contribution in [0.5, 0.6) is 0 Å². The normalized spacial score (nSPS) is 19.6. The summed E-state index contributed by atoms with van der Waals surface area (Å²) in [7, 11) is 0. The van der Waals surface area contributed by atoms with Crippen LogP contribution in [0.25, 0.3) is 0 Å². The number of anilines is 1. The lowest BCUT2D eigenvalue weighted by molar-refractivity contribution is -0.128. The van der Waals surface area contributed by atoms with Crippen LogP contribution >= 0.6 is 11.6 Å². The molecule has 2 amide bonds. The van der Waals surface area contributed by atoms with Crippen LogP contribution in [0.3, 0.4) is 0 Å². The van der Waals surface area contributed by atoms with Crippen molar-refractivity contribution in [1.82, 2.24) is 5.32 Å². The Hall–Kier alpha value is -1.59. The van der Waals surface area contributed by atoms with Crippen molar-refractivity contribution in [1.29, 1.82) is 0 Å². The van der Waals surface area contributed by atoms with E-state index in [-0.39, 0.29) is 24.2 Å². The molecule has 120 valence electrons. The van der Waals surface area contributed by atoms with Crippen LogP contribution in [0.1, 0.15) is 26.7 Å². The van der Waals surface area contributed by atoms with Crippen LogP contribution in [-0.4, -0.2) is 35.6 Å². The van der Waals surface area contributed by atoms with Crippen molar-refractivity contribution in [3.63, 3.8) is 0 Å². The van der Waals surface area contributed by atoms with E-state index in [9.17, 15) is 14.7 Å². The van der Waals surface area contributed by atoms with Crippen molar-refractivity contribution in [3.05, 3.63) is 29.3 Å². The van der Waals surface area contributed by atoms with Crippen molar-refractivity contribution in [2.75, 3.05) is 11.4 Å². The van der Waals surface area contributed by atoms with Gasteiger partial charge in [0.2, 0.25) is 11.8 Å². The third kappa shape index (κ3) is 3.99. The smallest absolute Gasteiger partial charge is 0.249 e. The second kappa shape index (κ2) is 7.11. The van der Waals surface area contributed by atoms with Gasteiger partial charge in [0.25, 0.3) is 0 Å². The first kappa shape index (κ1) is 16.8. The molecule has 2 N–H and O–H groups in total.